The molecule has 0 bridgehead atoms. The lowest BCUT2D eigenvalue weighted by Gasteiger charge is -2.37. The molecule has 0 aromatic heterocycles. The average Bonchev–Trinajstić information content (AvgIpc) is 3.12. The van der Waals surface area contributed by atoms with Crippen LogP contribution in [-0.2, 0) is 24.2 Å². The second kappa shape index (κ2) is 9.53. The van der Waals surface area contributed by atoms with Crippen LogP contribution >= 0.6 is 0 Å². The molecule has 1 amide bonds. The van der Waals surface area contributed by atoms with E-state index in [1.807, 2.05) is 56.0 Å². The van der Waals surface area contributed by atoms with E-state index in [1.165, 1.54) is 0 Å². The first-order valence-electron chi connectivity index (χ1n) is 11.7. The summed E-state index contributed by atoms with van der Waals surface area (Å²) in [5.41, 5.74) is 4.02. The monoisotopic (exact) mass is 463 g/mol. The summed E-state index contributed by atoms with van der Waals surface area (Å²) in [7, 11) is 3.27. The summed E-state index contributed by atoms with van der Waals surface area (Å²) < 4.78 is 17.4. The summed E-state index contributed by atoms with van der Waals surface area (Å²) in [6.45, 7) is 6.92. The second-order valence-corrected chi connectivity index (χ2v) is 9.65. The minimum absolute atomic E-state index is 0.0129. The highest BCUT2D eigenvalue weighted by atomic mass is 16.5. The van der Waals surface area contributed by atoms with Gasteiger partial charge in [0.15, 0.2) is 5.78 Å². The Morgan fingerprint density at radius 3 is 2.53 bits per heavy atom. The normalized spacial score (nSPS) is 18.6. The molecule has 1 atom stereocenters. The van der Waals surface area contributed by atoms with Crippen molar-refractivity contribution in [3.63, 3.8) is 0 Å². The van der Waals surface area contributed by atoms with Gasteiger partial charge in [0, 0.05) is 24.1 Å². The molecule has 34 heavy (non-hydrogen) atoms. The van der Waals surface area contributed by atoms with Crippen LogP contribution in [0.5, 0.6) is 17.2 Å². The Balaban J connectivity index is 1.57. The first-order valence-corrected chi connectivity index (χ1v) is 11.7. The lowest BCUT2D eigenvalue weighted by molar-refractivity contribution is -0.118. The quantitative estimate of drug-likeness (QED) is 0.521. The average molecular weight is 464 g/mol. The van der Waals surface area contributed by atoms with E-state index in [2.05, 4.69) is 0 Å². The lowest BCUT2D eigenvalue weighted by atomic mass is 9.86. The zero-order chi connectivity index (χ0) is 24.5. The summed E-state index contributed by atoms with van der Waals surface area (Å²) in [6.07, 6.45) is 4.18. The molecule has 0 fully saturated rings. The number of ketones is 1. The fourth-order valence-electron chi connectivity index (χ4n) is 4.83. The van der Waals surface area contributed by atoms with E-state index in [0.29, 0.717) is 43.0 Å². The number of amides is 1. The van der Waals surface area contributed by atoms with E-state index in [1.54, 1.807) is 20.3 Å². The molecule has 0 radical (unpaired) electrons. The highest BCUT2D eigenvalue weighted by Gasteiger charge is 2.40. The van der Waals surface area contributed by atoms with Gasteiger partial charge in [-0.25, -0.2) is 0 Å². The Morgan fingerprint density at radius 2 is 1.88 bits per heavy atom. The van der Waals surface area contributed by atoms with E-state index >= 15 is 0 Å². The molecule has 2 aromatic rings. The van der Waals surface area contributed by atoms with Crippen LogP contribution < -0.4 is 14.2 Å². The molecule has 2 aliphatic heterocycles. The number of benzene rings is 2. The van der Waals surface area contributed by atoms with Gasteiger partial charge in [-0.05, 0) is 69.9 Å². The van der Waals surface area contributed by atoms with Gasteiger partial charge in [0.2, 0.25) is 0 Å². The van der Waals surface area contributed by atoms with Crippen molar-refractivity contribution in [3.05, 3.63) is 64.2 Å². The van der Waals surface area contributed by atoms with Gasteiger partial charge in [-0.15, -0.1) is 0 Å². The van der Waals surface area contributed by atoms with E-state index in [-0.39, 0.29) is 11.7 Å². The number of nitrogens with zero attached hydrogens (tertiary/aromatic N) is 1. The standard InChI is InChI=1S/C28H33NO5/c1-18(2)14-20(30)16-28(3)12-10-22-25(33-5)15-23-24(26(22)34-28)17-29(27(23)31)13-11-19-6-8-21(32-4)9-7-19/h6-9,14-15H,10-13,16-17H2,1-5H3/t28-/m1/s1. The van der Waals surface area contributed by atoms with Crippen LogP contribution in [-0.4, -0.2) is 43.0 Å². The summed E-state index contributed by atoms with van der Waals surface area (Å²) in [5.74, 6) is 2.25. The van der Waals surface area contributed by atoms with Crippen molar-refractivity contribution >= 4 is 11.7 Å². The number of methoxy groups -OCH3 is 2. The highest BCUT2D eigenvalue weighted by Crippen LogP contribution is 2.46. The molecule has 180 valence electrons. The van der Waals surface area contributed by atoms with Crippen LogP contribution in [0.4, 0.5) is 0 Å². The zero-order valence-corrected chi connectivity index (χ0v) is 20.7. The molecule has 6 nitrogen and oxygen atoms in total. The number of fused-ring (bicyclic) bond motifs is 3. The third kappa shape index (κ3) is 4.81. The molecule has 6 heteroatoms. The van der Waals surface area contributed by atoms with Crippen LogP contribution in [0.2, 0.25) is 0 Å². The maximum atomic E-state index is 13.3. The summed E-state index contributed by atoms with van der Waals surface area (Å²) >= 11 is 0. The SMILES string of the molecule is COc1ccc(CCN2Cc3c(cc(OC)c4c3O[C@@](C)(CC(=O)C=C(C)C)CC4)C2=O)cc1. The van der Waals surface area contributed by atoms with Gasteiger partial charge in [0.1, 0.15) is 22.8 Å². The van der Waals surface area contributed by atoms with Gasteiger partial charge in [0.25, 0.3) is 5.91 Å². The Bertz CT molecular complexity index is 1130. The topological polar surface area (TPSA) is 65.1 Å². The predicted molar refractivity (Wildman–Crippen MR) is 131 cm³/mol. The number of rotatable bonds is 8. The number of hydrogen-bond donors (Lipinski definition) is 0. The predicted octanol–water partition coefficient (Wildman–Crippen LogP) is 4.91. The molecule has 0 aliphatic carbocycles. The van der Waals surface area contributed by atoms with Crippen molar-refractivity contribution in [1.82, 2.24) is 4.90 Å². The number of carbonyl (C=O) groups is 2. The maximum Gasteiger partial charge on any atom is 0.254 e. The van der Waals surface area contributed by atoms with E-state index in [0.717, 1.165) is 40.9 Å². The van der Waals surface area contributed by atoms with E-state index in [9.17, 15) is 9.59 Å². The number of ether oxygens (including phenoxy) is 3. The minimum Gasteiger partial charge on any atom is -0.497 e. The van der Waals surface area contributed by atoms with E-state index < -0.39 is 5.60 Å². The van der Waals surface area contributed by atoms with E-state index in [4.69, 9.17) is 14.2 Å². The minimum atomic E-state index is -0.615. The number of allylic oxidation sites excluding steroid dienone is 2. The molecule has 4 rings (SSSR count). The number of carbonyl (C=O) groups excluding carboxylic acids is 2. The van der Waals surface area contributed by atoms with Crippen molar-refractivity contribution in [2.45, 2.75) is 58.6 Å². The van der Waals surface area contributed by atoms with Crippen LogP contribution in [0.3, 0.4) is 0 Å². The molecule has 2 heterocycles. The Morgan fingerprint density at radius 1 is 1.15 bits per heavy atom. The molecule has 0 N–H and O–H groups in total. The third-order valence-electron chi connectivity index (χ3n) is 6.61. The molecule has 0 spiro atoms. The molecule has 0 saturated heterocycles. The molecule has 2 aliphatic rings. The van der Waals surface area contributed by atoms with Crippen molar-refractivity contribution in [3.8, 4) is 17.2 Å². The van der Waals surface area contributed by atoms with Crippen molar-refractivity contribution < 1.29 is 23.8 Å². The summed E-state index contributed by atoms with van der Waals surface area (Å²) in [4.78, 5) is 27.6. The van der Waals surface area contributed by atoms with Gasteiger partial charge >= 0.3 is 0 Å². The van der Waals surface area contributed by atoms with Crippen molar-refractivity contribution in [2.75, 3.05) is 20.8 Å². The fourth-order valence-corrected chi connectivity index (χ4v) is 4.83. The first-order chi connectivity index (χ1) is 16.2. The van der Waals surface area contributed by atoms with Gasteiger partial charge in [0.05, 0.1) is 26.3 Å². The highest BCUT2D eigenvalue weighted by molar-refractivity contribution is 6.00. The summed E-state index contributed by atoms with van der Waals surface area (Å²) in [6, 6.07) is 9.76. The third-order valence-corrected chi connectivity index (χ3v) is 6.61. The Kier molecular flexibility index (Phi) is 6.69. The largest absolute Gasteiger partial charge is 0.497 e. The molecule has 0 unspecified atom stereocenters. The van der Waals surface area contributed by atoms with Gasteiger partial charge in [-0.2, -0.15) is 0 Å². The van der Waals surface area contributed by atoms with Crippen LogP contribution in [0, 0.1) is 0 Å². The Labute approximate surface area is 201 Å². The lowest BCUT2D eigenvalue weighted by Crippen LogP contribution is -2.39. The van der Waals surface area contributed by atoms with Gasteiger partial charge in [-0.1, -0.05) is 17.7 Å². The van der Waals surface area contributed by atoms with Crippen molar-refractivity contribution in [2.24, 2.45) is 0 Å². The molecular weight excluding hydrogens is 430 g/mol. The maximum absolute atomic E-state index is 13.3. The number of hydrogen-bond acceptors (Lipinski definition) is 5. The molecular formula is C28H33NO5. The summed E-state index contributed by atoms with van der Waals surface area (Å²) in [5, 5.41) is 0. The second-order valence-electron chi connectivity index (χ2n) is 9.65. The van der Waals surface area contributed by atoms with Gasteiger partial charge in [-0.3, -0.25) is 9.59 Å². The molecule has 2 aromatic carbocycles. The van der Waals surface area contributed by atoms with Crippen molar-refractivity contribution in [1.29, 1.82) is 0 Å². The van der Waals surface area contributed by atoms with Crippen LogP contribution in [0.15, 0.2) is 42.0 Å². The van der Waals surface area contributed by atoms with Crippen LogP contribution in [0.1, 0.15) is 60.7 Å². The fraction of sp³-hybridized carbons (Fsp3) is 0.429. The Hall–Kier alpha value is -3.28. The van der Waals surface area contributed by atoms with Gasteiger partial charge < -0.3 is 19.1 Å². The first kappa shape index (κ1) is 23.9. The van der Waals surface area contributed by atoms with Crippen LogP contribution in [0.25, 0.3) is 0 Å². The smallest absolute Gasteiger partial charge is 0.254 e. The molecule has 0 saturated carbocycles. The zero-order valence-electron chi connectivity index (χ0n) is 20.7.